The highest BCUT2D eigenvalue weighted by Crippen LogP contribution is 2.28. The Balaban J connectivity index is 2.24. The number of amides is 1. The van der Waals surface area contributed by atoms with Crippen LogP contribution in [0.2, 0.25) is 0 Å². The van der Waals surface area contributed by atoms with Crippen LogP contribution in [0.15, 0.2) is 23.1 Å². The van der Waals surface area contributed by atoms with Gasteiger partial charge < -0.3 is 4.90 Å². The second-order valence-corrected chi connectivity index (χ2v) is 6.16. The number of carbonyl (C=O) groups excluding carboxylic acids is 1. The molecule has 1 saturated heterocycles. The van der Waals surface area contributed by atoms with Gasteiger partial charge >= 0.3 is 0 Å². The fourth-order valence-corrected chi connectivity index (χ4v) is 3.01. The zero-order valence-corrected chi connectivity index (χ0v) is 12.5. The third-order valence-electron chi connectivity index (χ3n) is 4.05. The summed E-state index contributed by atoms with van der Waals surface area (Å²) in [7, 11) is 0. The molecule has 2 nitrogen and oxygen atoms in total. The summed E-state index contributed by atoms with van der Waals surface area (Å²) < 4.78 is 13.2. The van der Waals surface area contributed by atoms with Crippen molar-refractivity contribution in [2.45, 2.75) is 38.1 Å². The molecule has 1 aliphatic heterocycles. The molecular weight excluding hydrogens is 261 g/mol. The molecule has 2 rings (SSSR count). The molecule has 0 N–H and O–H groups in total. The number of benzene rings is 1. The highest BCUT2D eigenvalue weighted by Gasteiger charge is 2.32. The molecule has 1 aromatic carbocycles. The molecule has 0 aliphatic carbocycles. The van der Waals surface area contributed by atoms with Crippen molar-refractivity contribution >= 4 is 18.5 Å². The molecule has 0 bridgehead atoms. The van der Waals surface area contributed by atoms with Crippen LogP contribution in [0.5, 0.6) is 0 Å². The lowest BCUT2D eigenvalue weighted by Gasteiger charge is -2.41. The first-order valence-electron chi connectivity index (χ1n) is 6.69. The predicted octanol–water partition coefficient (Wildman–Crippen LogP) is 3.62. The first kappa shape index (κ1) is 14.4. The van der Waals surface area contributed by atoms with Crippen molar-refractivity contribution in [3.63, 3.8) is 0 Å². The maximum atomic E-state index is 13.2. The van der Waals surface area contributed by atoms with Crippen molar-refractivity contribution in [1.82, 2.24) is 4.90 Å². The Morgan fingerprint density at radius 1 is 1.37 bits per heavy atom. The summed E-state index contributed by atoms with van der Waals surface area (Å²) >= 11 is 4.04. The molecule has 3 atom stereocenters. The summed E-state index contributed by atoms with van der Waals surface area (Å²) in [6.07, 6.45) is 1.15. The Morgan fingerprint density at radius 3 is 2.68 bits per heavy atom. The lowest BCUT2D eigenvalue weighted by molar-refractivity contribution is 0.0455. The Bertz CT molecular complexity index is 491. The van der Waals surface area contributed by atoms with Gasteiger partial charge in [0.2, 0.25) is 0 Å². The molecule has 1 aliphatic rings. The van der Waals surface area contributed by atoms with Gasteiger partial charge in [-0.3, -0.25) is 4.79 Å². The molecule has 0 radical (unpaired) electrons. The topological polar surface area (TPSA) is 20.3 Å². The SMILES string of the molecule is CC1CC(C)C(C)N(C(=O)c2ccc(F)c(S)c2)C1. The highest BCUT2D eigenvalue weighted by molar-refractivity contribution is 7.80. The fourth-order valence-electron chi connectivity index (χ4n) is 2.79. The van der Waals surface area contributed by atoms with Crippen molar-refractivity contribution in [2.24, 2.45) is 11.8 Å². The highest BCUT2D eigenvalue weighted by atomic mass is 32.1. The summed E-state index contributed by atoms with van der Waals surface area (Å²) in [6, 6.07) is 4.57. The van der Waals surface area contributed by atoms with E-state index in [0.717, 1.165) is 13.0 Å². The summed E-state index contributed by atoms with van der Waals surface area (Å²) in [4.78, 5) is 14.7. The van der Waals surface area contributed by atoms with Crippen LogP contribution in [-0.4, -0.2) is 23.4 Å². The minimum Gasteiger partial charge on any atom is -0.335 e. The molecule has 19 heavy (non-hydrogen) atoms. The van der Waals surface area contributed by atoms with Gasteiger partial charge in [-0.15, -0.1) is 12.6 Å². The summed E-state index contributed by atoms with van der Waals surface area (Å²) in [6.45, 7) is 7.19. The Kier molecular flexibility index (Phi) is 4.19. The second-order valence-electron chi connectivity index (χ2n) is 5.68. The number of hydrogen-bond acceptors (Lipinski definition) is 2. The number of likely N-dealkylation sites (tertiary alicyclic amines) is 1. The van der Waals surface area contributed by atoms with E-state index in [4.69, 9.17) is 0 Å². The van der Waals surface area contributed by atoms with Crippen molar-refractivity contribution < 1.29 is 9.18 Å². The first-order valence-corrected chi connectivity index (χ1v) is 7.14. The number of thiol groups is 1. The maximum Gasteiger partial charge on any atom is 0.254 e. The first-order chi connectivity index (χ1) is 8.90. The van der Waals surface area contributed by atoms with Crippen molar-refractivity contribution in [1.29, 1.82) is 0 Å². The van der Waals surface area contributed by atoms with Crippen LogP contribution >= 0.6 is 12.6 Å². The quantitative estimate of drug-likeness (QED) is 0.780. The third-order valence-corrected chi connectivity index (χ3v) is 4.39. The van der Waals surface area contributed by atoms with Gasteiger partial charge in [0.1, 0.15) is 5.82 Å². The molecule has 0 saturated carbocycles. The van der Waals surface area contributed by atoms with Crippen LogP contribution in [0.4, 0.5) is 4.39 Å². The predicted molar refractivity (Wildman–Crippen MR) is 77.1 cm³/mol. The fraction of sp³-hybridized carbons (Fsp3) is 0.533. The number of carbonyl (C=O) groups is 1. The van der Waals surface area contributed by atoms with Crippen molar-refractivity contribution in [3.05, 3.63) is 29.6 Å². The van der Waals surface area contributed by atoms with Gasteiger partial charge in [0.15, 0.2) is 0 Å². The van der Waals surface area contributed by atoms with E-state index >= 15 is 0 Å². The molecule has 1 heterocycles. The monoisotopic (exact) mass is 281 g/mol. The van der Waals surface area contributed by atoms with E-state index in [2.05, 4.69) is 33.4 Å². The van der Waals surface area contributed by atoms with Crippen LogP contribution in [0.1, 0.15) is 37.6 Å². The van der Waals surface area contributed by atoms with Crippen LogP contribution < -0.4 is 0 Å². The van der Waals surface area contributed by atoms with Gasteiger partial charge in [0, 0.05) is 23.0 Å². The van der Waals surface area contributed by atoms with Gasteiger partial charge in [0.05, 0.1) is 0 Å². The van der Waals surface area contributed by atoms with Crippen LogP contribution in [0.25, 0.3) is 0 Å². The van der Waals surface area contributed by atoms with Crippen LogP contribution in [-0.2, 0) is 0 Å². The van der Waals surface area contributed by atoms with E-state index in [1.54, 1.807) is 0 Å². The molecule has 104 valence electrons. The molecular formula is C15H20FNOS. The Hall–Kier alpha value is -1.03. The van der Waals surface area contributed by atoms with E-state index in [1.807, 2.05) is 4.90 Å². The summed E-state index contributed by atoms with van der Waals surface area (Å²) in [5.41, 5.74) is 0.513. The summed E-state index contributed by atoms with van der Waals surface area (Å²) in [5.74, 6) is 0.573. The summed E-state index contributed by atoms with van der Waals surface area (Å²) in [5, 5.41) is 0. The molecule has 0 spiro atoms. The van der Waals surface area contributed by atoms with Crippen LogP contribution in [0.3, 0.4) is 0 Å². The van der Waals surface area contributed by atoms with E-state index in [9.17, 15) is 9.18 Å². The number of nitrogens with zero attached hydrogens (tertiary/aromatic N) is 1. The maximum absolute atomic E-state index is 13.2. The smallest absolute Gasteiger partial charge is 0.254 e. The third kappa shape index (κ3) is 2.94. The normalized spacial score (nSPS) is 27.4. The van der Waals surface area contributed by atoms with Gasteiger partial charge in [-0.25, -0.2) is 4.39 Å². The van der Waals surface area contributed by atoms with E-state index in [-0.39, 0.29) is 16.8 Å². The lowest BCUT2D eigenvalue weighted by Crippen LogP contribution is -2.48. The van der Waals surface area contributed by atoms with Crippen LogP contribution in [0, 0.1) is 17.7 Å². The van der Waals surface area contributed by atoms with Gasteiger partial charge in [0.25, 0.3) is 5.91 Å². The van der Waals surface area contributed by atoms with Gasteiger partial charge in [-0.05, 0) is 43.4 Å². The van der Waals surface area contributed by atoms with E-state index in [0.29, 0.717) is 17.4 Å². The van der Waals surface area contributed by atoms with Gasteiger partial charge in [-0.2, -0.15) is 0 Å². The number of rotatable bonds is 1. The average molecular weight is 281 g/mol. The van der Waals surface area contributed by atoms with Crippen molar-refractivity contribution in [3.8, 4) is 0 Å². The Morgan fingerprint density at radius 2 is 2.05 bits per heavy atom. The molecule has 0 aromatic heterocycles. The average Bonchev–Trinajstić information content (AvgIpc) is 2.36. The van der Waals surface area contributed by atoms with E-state index in [1.165, 1.54) is 18.2 Å². The molecule has 4 heteroatoms. The minimum atomic E-state index is -0.395. The number of halogens is 1. The minimum absolute atomic E-state index is 0.0267. The zero-order valence-electron chi connectivity index (χ0n) is 11.6. The molecule has 1 fully saturated rings. The zero-order chi connectivity index (χ0) is 14.2. The molecule has 1 aromatic rings. The molecule has 1 amide bonds. The van der Waals surface area contributed by atoms with Crippen molar-refractivity contribution in [2.75, 3.05) is 6.54 Å². The largest absolute Gasteiger partial charge is 0.335 e. The molecule has 3 unspecified atom stereocenters. The number of piperidine rings is 1. The standard InChI is InChI=1S/C15H20FNOS/c1-9-6-10(2)11(3)17(8-9)15(18)12-4-5-13(16)14(19)7-12/h4-5,7,9-11,19H,6,8H2,1-3H3. The second kappa shape index (κ2) is 5.53. The van der Waals surface area contributed by atoms with E-state index < -0.39 is 5.82 Å². The van der Waals surface area contributed by atoms with Gasteiger partial charge in [-0.1, -0.05) is 13.8 Å². The Labute approximate surface area is 119 Å². The lowest BCUT2D eigenvalue weighted by atomic mass is 9.85. The number of hydrogen-bond donors (Lipinski definition) is 1.